The maximum Gasteiger partial charge on any atom is 0.306 e. The standard InChI is InChI=1S/C23H27NO5/c1-16(23(28)29)13-20(24-15-21(25)11-12-22(26)27)14-17-7-9-19(10-8-17)18-5-3-2-4-6-18/h2-10,16,20,24H,11-15H2,1H3,(H,26,27)(H,28,29). The second kappa shape index (κ2) is 11.1. The average molecular weight is 397 g/mol. The molecule has 0 amide bonds. The molecule has 0 aliphatic rings. The number of benzene rings is 2. The SMILES string of the molecule is CC(CC(Cc1ccc(-c2ccccc2)cc1)NCC(=O)CCC(=O)O)C(=O)O. The third-order valence-corrected chi connectivity index (χ3v) is 4.81. The summed E-state index contributed by atoms with van der Waals surface area (Å²) in [5, 5.41) is 21.0. The van der Waals surface area contributed by atoms with Gasteiger partial charge in [0.1, 0.15) is 5.78 Å². The number of nitrogens with one attached hydrogen (secondary N) is 1. The third kappa shape index (κ3) is 7.87. The topological polar surface area (TPSA) is 104 Å². The first-order valence-corrected chi connectivity index (χ1v) is 9.69. The Morgan fingerprint density at radius 3 is 2.10 bits per heavy atom. The van der Waals surface area contributed by atoms with Gasteiger partial charge in [0.25, 0.3) is 0 Å². The van der Waals surface area contributed by atoms with E-state index in [2.05, 4.69) is 5.32 Å². The van der Waals surface area contributed by atoms with Gasteiger partial charge in [-0.25, -0.2) is 0 Å². The average Bonchev–Trinajstić information content (AvgIpc) is 2.71. The van der Waals surface area contributed by atoms with Crippen LogP contribution >= 0.6 is 0 Å². The Hall–Kier alpha value is -2.99. The summed E-state index contributed by atoms with van der Waals surface area (Å²) in [6, 6.07) is 17.9. The zero-order valence-corrected chi connectivity index (χ0v) is 16.5. The van der Waals surface area contributed by atoms with Crippen molar-refractivity contribution in [1.29, 1.82) is 0 Å². The van der Waals surface area contributed by atoms with E-state index in [-0.39, 0.29) is 31.2 Å². The number of carbonyl (C=O) groups excluding carboxylic acids is 1. The molecule has 0 saturated carbocycles. The smallest absolute Gasteiger partial charge is 0.306 e. The van der Waals surface area contributed by atoms with Crippen LogP contribution < -0.4 is 5.32 Å². The number of carbonyl (C=O) groups is 3. The first-order valence-electron chi connectivity index (χ1n) is 9.69. The monoisotopic (exact) mass is 397 g/mol. The normalized spacial score (nSPS) is 12.9. The molecule has 29 heavy (non-hydrogen) atoms. The maximum absolute atomic E-state index is 11.9. The van der Waals surface area contributed by atoms with Gasteiger partial charge in [-0.15, -0.1) is 0 Å². The fourth-order valence-electron chi connectivity index (χ4n) is 3.11. The van der Waals surface area contributed by atoms with Gasteiger partial charge in [0, 0.05) is 12.5 Å². The van der Waals surface area contributed by atoms with E-state index in [0.717, 1.165) is 16.7 Å². The van der Waals surface area contributed by atoms with Gasteiger partial charge in [0.05, 0.1) is 18.9 Å². The minimum absolute atomic E-state index is 0.0324. The van der Waals surface area contributed by atoms with Crippen molar-refractivity contribution < 1.29 is 24.6 Å². The molecule has 2 unspecified atom stereocenters. The number of hydrogen-bond acceptors (Lipinski definition) is 4. The van der Waals surface area contributed by atoms with E-state index >= 15 is 0 Å². The second-order valence-corrected chi connectivity index (χ2v) is 7.25. The van der Waals surface area contributed by atoms with E-state index in [9.17, 15) is 19.5 Å². The zero-order valence-electron chi connectivity index (χ0n) is 16.5. The maximum atomic E-state index is 11.9. The van der Waals surface area contributed by atoms with E-state index < -0.39 is 17.9 Å². The Morgan fingerprint density at radius 2 is 1.52 bits per heavy atom. The van der Waals surface area contributed by atoms with Crippen LogP contribution in [-0.4, -0.2) is 40.5 Å². The lowest BCUT2D eigenvalue weighted by atomic mass is 9.95. The van der Waals surface area contributed by atoms with Crippen molar-refractivity contribution >= 4 is 17.7 Å². The predicted octanol–water partition coefficient (Wildman–Crippen LogP) is 3.40. The van der Waals surface area contributed by atoms with Crippen LogP contribution in [0.5, 0.6) is 0 Å². The molecule has 6 heteroatoms. The molecule has 154 valence electrons. The molecule has 2 aromatic carbocycles. The van der Waals surface area contributed by atoms with Gasteiger partial charge in [0.15, 0.2) is 0 Å². The van der Waals surface area contributed by atoms with Crippen molar-refractivity contribution in [3.8, 4) is 11.1 Å². The summed E-state index contributed by atoms with van der Waals surface area (Å²) in [6.07, 6.45) is 0.730. The summed E-state index contributed by atoms with van der Waals surface area (Å²) in [5.41, 5.74) is 3.26. The highest BCUT2D eigenvalue weighted by atomic mass is 16.4. The lowest BCUT2D eigenvalue weighted by Gasteiger charge is -2.21. The number of rotatable bonds is 12. The van der Waals surface area contributed by atoms with Crippen molar-refractivity contribution in [3.05, 3.63) is 60.2 Å². The van der Waals surface area contributed by atoms with Crippen molar-refractivity contribution in [3.63, 3.8) is 0 Å². The highest BCUT2D eigenvalue weighted by Gasteiger charge is 2.19. The molecule has 0 radical (unpaired) electrons. The van der Waals surface area contributed by atoms with Crippen LogP contribution in [0.3, 0.4) is 0 Å². The summed E-state index contributed by atoms with van der Waals surface area (Å²) >= 11 is 0. The van der Waals surface area contributed by atoms with Gasteiger partial charge in [-0.3, -0.25) is 14.4 Å². The molecule has 0 spiro atoms. The van der Waals surface area contributed by atoms with Crippen molar-refractivity contribution in [2.45, 2.75) is 38.6 Å². The minimum Gasteiger partial charge on any atom is -0.481 e. The molecule has 2 aromatic rings. The summed E-state index contributed by atoms with van der Waals surface area (Å²) in [4.78, 5) is 33.7. The molecule has 0 fully saturated rings. The fourth-order valence-corrected chi connectivity index (χ4v) is 3.11. The van der Waals surface area contributed by atoms with Gasteiger partial charge < -0.3 is 15.5 Å². The predicted molar refractivity (Wildman–Crippen MR) is 111 cm³/mol. The van der Waals surface area contributed by atoms with Gasteiger partial charge in [-0.2, -0.15) is 0 Å². The number of hydrogen-bond donors (Lipinski definition) is 3. The molecule has 0 heterocycles. The van der Waals surface area contributed by atoms with Gasteiger partial charge >= 0.3 is 11.9 Å². The van der Waals surface area contributed by atoms with Crippen LogP contribution in [0, 0.1) is 5.92 Å². The zero-order chi connectivity index (χ0) is 21.2. The summed E-state index contributed by atoms with van der Waals surface area (Å²) < 4.78 is 0. The lowest BCUT2D eigenvalue weighted by molar-refractivity contribution is -0.141. The Morgan fingerprint density at radius 1 is 0.897 bits per heavy atom. The highest BCUT2D eigenvalue weighted by molar-refractivity contribution is 5.84. The van der Waals surface area contributed by atoms with E-state index in [1.54, 1.807) is 6.92 Å². The first kappa shape index (κ1) is 22.3. The Bertz CT molecular complexity index is 817. The molecule has 0 aromatic heterocycles. The molecule has 0 saturated heterocycles. The molecular formula is C23H27NO5. The van der Waals surface area contributed by atoms with Gasteiger partial charge in [-0.1, -0.05) is 61.5 Å². The lowest BCUT2D eigenvalue weighted by Crippen LogP contribution is -2.37. The quantitative estimate of drug-likeness (QED) is 0.507. The fraction of sp³-hybridized carbons (Fsp3) is 0.348. The molecule has 0 aliphatic heterocycles. The number of aliphatic carboxylic acids is 2. The van der Waals surface area contributed by atoms with Crippen molar-refractivity contribution in [1.82, 2.24) is 5.32 Å². The number of Topliss-reactive ketones (excluding diaryl/α,β-unsaturated/α-hetero) is 1. The molecule has 0 bridgehead atoms. The third-order valence-electron chi connectivity index (χ3n) is 4.81. The second-order valence-electron chi connectivity index (χ2n) is 7.25. The Labute approximate surface area is 170 Å². The molecule has 2 rings (SSSR count). The summed E-state index contributed by atoms with van der Waals surface area (Å²) in [5.74, 6) is -2.63. The minimum atomic E-state index is -1.01. The summed E-state index contributed by atoms with van der Waals surface area (Å²) in [7, 11) is 0. The molecule has 3 N–H and O–H groups in total. The largest absolute Gasteiger partial charge is 0.481 e. The van der Waals surface area contributed by atoms with Crippen LogP contribution in [-0.2, 0) is 20.8 Å². The van der Waals surface area contributed by atoms with E-state index in [4.69, 9.17) is 5.11 Å². The van der Waals surface area contributed by atoms with Crippen LogP contribution in [0.15, 0.2) is 54.6 Å². The van der Waals surface area contributed by atoms with E-state index in [0.29, 0.717) is 12.8 Å². The van der Waals surface area contributed by atoms with E-state index in [1.807, 2.05) is 54.6 Å². The Balaban J connectivity index is 2.01. The van der Waals surface area contributed by atoms with Gasteiger partial charge in [-0.05, 0) is 29.5 Å². The molecule has 6 nitrogen and oxygen atoms in total. The number of carboxylic acid groups (broad SMARTS) is 2. The van der Waals surface area contributed by atoms with Crippen LogP contribution in [0.2, 0.25) is 0 Å². The van der Waals surface area contributed by atoms with Gasteiger partial charge in [0.2, 0.25) is 0 Å². The van der Waals surface area contributed by atoms with Crippen LogP contribution in [0.25, 0.3) is 11.1 Å². The molecule has 2 atom stereocenters. The van der Waals surface area contributed by atoms with Crippen LogP contribution in [0.1, 0.15) is 31.7 Å². The molecular weight excluding hydrogens is 370 g/mol. The van der Waals surface area contributed by atoms with Crippen molar-refractivity contribution in [2.75, 3.05) is 6.54 Å². The van der Waals surface area contributed by atoms with Crippen molar-refractivity contribution in [2.24, 2.45) is 5.92 Å². The van der Waals surface area contributed by atoms with E-state index in [1.165, 1.54) is 0 Å². The number of ketones is 1. The highest BCUT2D eigenvalue weighted by Crippen LogP contribution is 2.20. The summed E-state index contributed by atoms with van der Waals surface area (Å²) in [6.45, 7) is 1.67. The molecule has 0 aliphatic carbocycles. The van der Waals surface area contributed by atoms with Crippen LogP contribution in [0.4, 0.5) is 0 Å². The number of carboxylic acids is 2. The Kier molecular flexibility index (Phi) is 8.55. The first-order chi connectivity index (χ1) is 13.8.